The molecule has 0 atom stereocenters. The Bertz CT molecular complexity index is 1220. The molecule has 0 aliphatic carbocycles. The number of hydrogen-bond acceptors (Lipinski definition) is 4. The van der Waals surface area contributed by atoms with Crippen LogP contribution in [0.4, 0.5) is 19.0 Å². The standard InChI is InChI=1S/C20H14F3N5O/c1-12-5-4-8-17(25-12)27-19(29)14-11-24-28-10-9-16(26-18(14)28)13-6-2-3-7-15(13)20(21,22)23/h2-11H,1H3,(H,25,27,29). The van der Waals surface area contributed by atoms with E-state index in [1.807, 2.05) is 0 Å². The zero-order valence-electron chi connectivity index (χ0n) is 15.1. The predicted octanol–water partition coefficient (Wildman–Crippen LogP) is 4.37. The SMILES string of the molecule is Cc1cccc(NC(=O)c2cnn3ccc(-c4ccccc4C(F)(F)F)nc23)n1. The molecule has 0 saturated heterocycles. The summed E-state index contributed by atoms with van der Waals surface area (Å²) in [5.41, 5.74) is 0.214. The molecule has 0 saturated carbocycles. The first-order valence-corrected chi connectivity index (χ1v) is 8.59. The molecular weight excluding hydrogens is 383 g/mol. The van der Waals surface area contributed by atoms with Crippen LogP contribution in [-0.4, -0.2) is 25.5 Å². The number of alkyl halides is 3. The largest absolute Gasteiger partial charge is 0.417 e. The average Bonchev–Trinajstić information content (AvgIpc) is 3.10. The molecule has 0 spiro atoms. The number of nitrogens with one attached hydrogen (secondary N) is 1. The molecule has 0 aliphatic heterocycles. The number of halogens is 3. The van der Waals surface area contributed by atoms with Crippen LogP contribution in [0.2, 0.25) is 0 Å². The van der Waals surface area contributed by atoms with Crippen LogP contribution in [0.5, 0.6) is 0 Å². The summed E-state index contributed by atoms with van der Waals surface area (Å²) in [6.07, 6.45) is -1.75. The van der Waals surface area contributed by atoms with Crippen LogP contribution in [0.1, 0.15) is 21.6 Å². The number of nitrogens with zero attached hydrogens (tertiary/aromatic N) is 4. The number of anilines is 1. The van der Waals surface area contributed by atoms with E-state index in [0.29, 0.717) is 5.82 Å². The summed E-state index contributed by atoms with van der Waals surface area (Å²) >= 11 is 0. The molecule has 0 fully saturated rings. The van der Waals surface area contributed by atoms with Crippen molar-refractivity contribution in [1.29, 1.82) is 0 Å². The minimum atomic E-state index is -4.53. The van der Waals surface area contributed by atoms with Gasteiger partial charge in [0.25, 0.3) is 5.91 Å². The summed E-state index contributed by atoms with van der Waals surface area (Å²) < 4.78 is 41.4. The number of rotatable bonds is 3. The first-order chi connectivity index (χ1) is 13.8. The smallest absolute Gasteiger partial charge is 0.306 e. The van der Waals surface area contributed by atoms with Gasteiger partial charge in [0.15, 0.2) is 5.65 Å². The average molecular weight is 397 g/mol. The minimum Gasteiger partial charge on any atom is -0.306 e. The molecule has 3 aromatic heterocycles. The molecule has 1 amide bonds. The highest BCUT2D eigenvalue weighted by Gasteiger charge is 2.33. The molecule has 9 heteroatoms. The summed E-state index contributed by atoms with van der Waals surface area (Å²) in [5, 5.41) is 6.70. The molecule has 6 nitrogen and oxygen atoms in total. The Hall–Kier alpha value is -3.75. The fraction of sp³-hybridized carbons (Fsp3) is 0.100. The van der Waals surface area contributed by atoms with E-state index in [1.54, 1.807) is 25.1 Å². The van der Waals surface area contributed by atoms with Gasteiger partial charge >= 0.3 is 6.18 Å². The van der Waals surface area contributed by atoms with Gasteiger partial charge in [-0.2, -0.15) is 18.3 Å². The van der Waals surface area contributed by atoms with Gasteiger partial charge in [0.05, 0.1) is 17.5 Å². The van der Waals surface area contributed by atoms with E-state index in [9.17, 15) is 18.0 Å². The molecule has 0 radical (unpaired) electrons. The second-order valence-corrected chi connectivity index (χ2v) is 6.30. The van der Waals surface area contributed by atoms with Crippen molar-refractivity contribution in [3.05, 3.63) is 77.7 Å². The molecule has 1 N–H and O–H groups in total. The van der Waals surface area contributed by atoms with Gasteiger partial charge in [-0.3, -0.25) is 4.79 Å². The second kappa shape index (κ2) is 7.01. The van der Waals surface area contributed by atoms with Gasteiger partial charge in [0, 0.05) is 17.5 Å². The van der Waals surface area contributed by atoms with E-state index < -0.39 is 17.6 Å². The fourth-order valence-corrected chi connectivity index (χ4v) is 2.93. The van der Waals surface area contributed by atoms with Gasteiger partial charge in [-0.05, 0) is 31.2 Å². The van der Waals surface area contributed by atoms with Crippen molar-refractivity contribution in [2.45, 2.75) is 13.1 Å². The predicted molar refractivity (Wildman–Crippen MR) is 100 cm³/mol. The summed E-state index contributed by atoms with van der Waals surface area (Å²) in [7, 11) is 0. The Kier molecular flexibility index (Phi) is 4.50. The summed E-state index contributed by atoms with van der Waals surface area (Å²) in [6, 6.07) is 11.8. The fourth-order valence-electron chi connectivity index (χ4n) is 2.93. The third-order valence-corrected chi connectivity index (χ3v) is 4.25. The van der Waals surface area contributed by atoms with Gasteiger partial charge in [-0.1, -0.05) is 24.3 Å². The van der Waals surface area contributed by atoms with Gasteiger partial charge in [-0.15, -0.1) is 0 Å². The van der Waals surface area contributed by atoms with E-state index >= 15 is 0 Å². The summed E-state index contributed by atoms with van der Waals surface area (Å²) in [5.74, 6) is -0.153. The van der Waals surface area contributed by atoms with E-state index in [-0.39, 0.29) is 22.5 Å². The number of benzene rings is 1. The molecule has 146 valence electrons. The van der Waals surface area contributed by atoms with E-state index in [1.165, 1.54) is 41.2 Å². The minimum absolute atomic E-state index is 0.0737. The number of carbonyl (C=O) groups excluding carboxylic acids is 1. The molecule has 29 heavy (non-hydrogen) atoms. The Morgan fingerprint density at radius 3 is 2.59 bits per heavy atom. The summed E-state index contributed by atoms with van der Waals surface area (Å²) in [6.45, 7) is 1.79. The second-order valence-electron chi connectivity index (χ2n) is 6.30. The van der Waals surface area contributed by atoms with Crippen LogP contribution in [0.3, 0.4) is 0 Å². The first-order valence-electron chi connectivity index (χ1n) is 8.59. The molecule has 4 aromatic rings. The van der Waals surface area contributed by atoms with Crippen molar-refractivity contribution in [1.82, 2.24) is 19.6 Å². The number of carbonyl (C=O) groups is 1. The lowest BCUT2D eigenvalue weighted by molar-refractivity contribution is -0.137. The highest BCUT2D eigenvalue weighted by molar-refractivity contribution is 6.07. The van der Waals surface area contributed by atoms with Crippen molar-refractivity contribution < 1.29 is 18.0 Å². The molecule has 1 aromatic carbocycles. The maximum Gasteiger partial charge on any atom is 0.417 e. The van der Waals surface area contributed by atoms with E-state index in [0.717, 1.165) is 11.8 Å². The summed E-state index contributed by atoms with van der Waals surface area (Å²) in [4.78, 5) is 21.1. The third-order valence-electron chi connectivity index (χ3n) is 4.25. The lowest BCUT2D eigenvalue weighted by Crippen LogP contribution is -2.13. The monoisotopic (exact) mass is 397 g/mol. The molecule has 0 unspecified atom stereocenters. The van der Waals surface area contributed by atoms with Crippen molar-refractivity contribution >= 4 is 17.4 Å². The zero-order valence-corrected chi connectivity index (χ0v) is 15.1. The number of amides is 1. The van der Waals surface area contributed by atoms with Crippen LogP contribution in [-0.2, 0) is 6.18 Å². The van der Waals surface area contributed by atoms with Crippen molar-refractivity contribution in [3.63, 3.8) is 0 Å². The zero-order chi connectivity index (χ0) is 20.6. The van der Waals surface area contributed by atoms with Gasteiger partial charge in [0.1, 0.15) is 11.4 Å². The molecule has 4 rings (SSSR count). The lowest BCUT2D eigenvalue weighted by Gasteiger charge is -2.12. The van der Waals surface area contributed by atoms with E-state index in [2.05, 4.69) is 20.4 Å². The first kappa shape index (κ1) is 18.6. The van der Waals surface area contributed by atoms with E-state index in [4.69, 9.17) is 0 Å². The van der Waals surface area contributed by atoms with Crippen LogP contribution in [0.15, 0.2) is 60.9 Å². The Morgan fingerprint density at radius 2 is 1.83 bits per heavy atom. The maximum atomic E-state index is 13.4. The number of hydrogen-bond donors (Lipinski definition) is 1. The number of aryl methyl sites for hydroxylation is 1. The van der Waals surface area contributed by atoms with Gasteiger partial charge in [0.2, 0.25) is 0 Å². The highest BCUT2D eigenvalue weighted by atomic mass is 19.4. The normalized spacial score (nSPS) is 11.6. The lowest BCUT2D eigenvalue weighted by atomic mass is 10.0. The number of fused-ring (bicyclic) bond motifs is 1. The van der Waals surface area contributed by atoms with Crippen molar-refractivity contribution in [2.24, 2.45) is 0 Å². The Labute approximate surface area is 163 Å². The Morgan fingerprint density at radius 1 is 1.03 bits per heavy atom. The number of pyridine rings is 1. The Balaban J connectivity index is 1.75. The van der Waals surface area contributed by atoms with Gasteiger partial charge in [-0.25, -0.2) is 14.5 Å². The third kappa shape index (κ3) is 3.66. The van der Waals surface area contributed by atoms with Crippen LogP contribution in [0, 0.1) is 6.92 Å². The quantitative estimate of drug-likeness (QED) is 0.557. The van der Waals surface area contributed by atoms with Crippen LogP contribution in [0.25, 0.3) is 16.9 Å². The number of aromatic nitrogens is 4. The van der Waals surface area contributed by atoms with Crippen molar-refractivity contribution in [2.75, 3.05) is 5.32 Å². The van der Waals surface area contributed by atoms with Gasteiger partial charge < -0.3 is 5.32 Å². The van der Waals surface area contributed by atoms with Crippen LogP contribution >= 0.6 is 0 Å². The molecule has 3 heterocycles. The highest BCUT2D eigenvalue weighted by Crippen LogP contribution is 2.36. The van der Waals surface area contributed by atoms with Crippen LogP contribution < -0.4 is 5.32 Å². The molecule has 0 bridgehead atoms. The molecule has 0 aliphatic rings. The topological polar surface area (TPSA) is 72.2 Å². The maximum absolute atomic E-state index is 13.4. The molecular formula is C20H14F3N5O. The van der Waals surface area contributed by atoms with Crippen molar-refractivity contribution in [3.8, 4) is 11.3 Å².